The van der Waals surface area contributed by atoms with E-state index in [1.54, 1.807) is 30.3 Å². The van der Waals surface area contributed by atoms with E-state index in [0.717, 1.165) is 12.3 Å². The second kappa shape index (κ2) is 12.1. The maximum Gasteiger partial charge on any atom is 0.263 e. The Morgan fingerprint density at radius 1 is 0.950 bits per heavy atom. The van der Waals surface area contributed by atoms with Crippen LogP contribution in [0.3, 0.4) is 0 Å². The van der Waals surface area contributed by atoms with Gasteiger partial charge in [0.15, 0.2) is 5.82 Å². The molecule has 1 heterocycles. The van der Waals surface area contributed by atoms with Crippen molar-refractivity contribution < 1.29 is 21.2 Å². The molecule has 1 aromatic heterocycles. The Hall–Kier alpha value is -3.85. The van der Waals surface area contributed by atoms with Crippen molar-refractivity contribution in [3.8, 4) is 11.4 Å². The van der Waals surface area contributed by atoms with Crippen LogP contribution in [0.15, 0.2) is 78.0 Å². The van der Waals surface area contributed by atoms with E-state index in [4.69, 9.17) is 11.6 Å². The Balaban J connectivity index is 1.50. The summed E-state index contributed by atoms with van der Waals surface area (Å²) >= 11 is 5.99. The van der Waals surface area contributed by atoms with Gasteiger partial charge in [0.25, 0.3) is 10.0 Å². The minimum atomic E-state index is -4.11. The first kappa shape index (κ1) is 29.1. The van der Waals surface area contributed by atoms with Crippen LogP contribution >= 0.6 is 11.6 Å². The van der Waals surface area contributed by atoms with Crippen LogP contribution in [0.1, 0.15) is 0 Å². The van der Waals surface area contributed by atoms with Crippen LogP contribution in [0.4, 0.5) is 27.4 Å². The second-order valence-corrected chi connectivity index (χ2v) is 12.7. The maximum absolute atomic E-state index is 14.9. The molecule has 0 atom stereocenters. The fourth-order valence-electron chi connectivity index (χ4n) is 3.48. The van der Waals surface area contributed by atoms with Crippen molar-refractivity contribution in [2.75, 3.05) is 41.7 Å². The first-order chi connectivity index (χ1) is 18.9. The molecular weight excluding hydrogens is 581 g/mol. The zero-order valence-corrected chi connectivity index (χ0v) is 23.7. The number of aromatic nitrogens is 3. The molecular formula is C25H25ClFN7O4S2. The van der Waals surface area contributed by atoms with Gasteiger partial charge in [-0.25, -0.2) is 35.5 Å². The van der Waals surface area contributed by atoms with Gasteiger partial charge in [-0.2, -0.15) is 4.98 Å². The number of sulfonamides is 2. The van der Waals surface area contributed by atoms with E-state index in [0.29, 0.717) is 22.8 Å². The number of para-hydroxylation sites is 1. The van der Waals surface area contributed by atoms with Crippen molar-refractivity contribution in [3.63, 3.8) is 0 Å². The van der Waals surface area contributed by atoms with Crippen LogP contribution < -0.4 is 15.4 Å². The van der Waals surface area contributed by atoms with Gasteiger partial charge in [-0.15, -0.1) is 0 Å². The fourth-order valence-corrected chi connectivity index (χ4v) is 5.49. The number of anilines is 4. The summed E-state index contributed by atoms with van der Waals surface area (Å²) < 4.78 is 66.9. The number of likely N-dealkylation sites (N-methyl/N-ethyl adjacent to an activating group) is 1. The molecule has 0 aliphatic rings. The molecule has 0 saturated heterocycles. The van der Waals surface area contributed by atoms with Crippen LogP contribution in [0.2, 0.25) is 5.02 Å². The molecule has 4 aromatic rings. The van der Waals surface area contributed by atoms with Crippen LogP contribution in [0.5, 0.6) is 0 Å². The van der Waals surface area contributed by atoms with E-state index in [1.807, 2.05) is 0 Å². The summed E-state index contributed by atoms with van der Waals surface area (Å²) in [6.45, 7) is 0.493. The van der Waals surface area contributed by atoms with Crippen molar-refractivity contribution in [1.29, 1.82) is 0 Å². The number of halogens is 2. The lowest BCUT2D eigenvalue weighted by atomic mass is 10.1. The molecule has 0 unspecified atom stereocenters. The highest BCUT2D eigenvalue weighted by atomic mass is 35.5. The van der Waals surface area contributed by atoms with Gasteiger partial charge in [-0.05, 0) is 42.5 Å². The van der Waals surface area contributed by atoms with Gasteiger partial charge in [0.1, 0.15) is 17.0 Å². The third-order valence-electron chi connectivity index (χ3n) is 5.63. The molecule has 4 rings (SSSR count). The largest absolute Gasteiger partial charge is 0.355 e. The van der Waals surface area contributed by atoms with E-state index in [1.165, 1.54) is 48.0 Å². The molecule has 0 bridgehead atoms. The average molecular weight is 606 g/mol. The number of benzene rings is 3. The molecule has 0 spiro atoms. The molecule has 0 radical (unpaired) electrons. The summed E-state index contributed by atoms with van der Waals surface area (Å²) in [5.74, 6) is -0.228. The number of nitrogens with zero attached hydrogens (tertiary/aromatic N) is 4. The lowest BCUT2D eigenvalue weighted by molar-refractivity contribution is 0.486. The van der Waals surface area contributed by atoms with E-state index in [-0.39, 0.29) is 34.6 Å². The third-order valence-corrected chi connectivity index (χ3v) is 8.81. The van der Waals surface area contributed by atoms with Gasteiger partial charge in [-0.1, -0.05) is 35.9 Å². The number of hydrogen-bond donors (Lipinski definition) is 3. The fraction of sp³-hybridized carbons (Fsp3) is 0.160. The Morgan fingerprint density at radius 3 is 2.40 bits per heavy atom. The Morgan fingerprint density at radius 2 is 1.68 bits per heavy atom. The highest BCUT2D eigenvalue weighted by Gasteiger charge is 2.19. The molecule has 0 aliphatic carbocycles. The Kier molecular flexibility index (Phi) is 8.83. The van der Waals surface area contributed by atoms with Crippen LogP contribution in [0, 0.1) is 5.82 Å². The van der Waals surface area contributed by atoms with E-state index in [9.17, 15) is 21.2 Å². The summed E-state index contributed by atoms with van der Waals surface area (Å²) in [6, 6.07) is 16.9. The second-order valence-electron chi connectivity index (χ2n) is 8.55. The molecule has 0 aliphatic heterocycles. The third kappa shape index (κ3) is 7.21. The lowest BCUT2D eigenvalue weighted by Crippen LogP contribution is -2.30. The van der Waals surface area contributed by atoms with Crippen molar-refractivity contribution in [3.05, 3.63) is 83.9 Å². The monoisotopic (exact) mass is 605 g/mol. The van der Waals surface area contributed by atoms with Crippen LogP contribution in [0.25, 0.3) is 11.4 Å². The summed E-state index contributed by atoms with van der Waals surface area (Å²) in [5, 5.41) is 6.09. The predicted molar refractivity (Wildman–Crippen MR) is 153 cm³/mol. The normalized spacial score (nSPS) is 11.8. The molecule has 40 heavy (non-hydrogen) atoms. The standard InChI is InChI=1S/C25H25ClFN7O4S2/c1-34(39(2,35)36)14-13-28-25-30-16-29-24(32-25)18-7-3-5-9-21(18)31-17-11-12-22(20(27)15-17)33-40(37,38)23-10-6-4-8-19(23)26/h3-12,15-16,31,33H,13-14H2,1-2H3,(H,28,29,30,32). The minimum absolute atomic E-state index is 0.0169. The number of rotatable bonds is 11. The number of nitrogens with one attached hydrogen (secondary N) is 3. The molecule has 210 valence electrons. The SMILES string of the molecule is CN(CCNc1ncnc(-c2ccccc2Nc2ccc(NS(=O)(=O)c3ccccc3Cl)c(F)c2)n1)S(C)(=O)=O. The quantitative estimate of drug-likeness (QED) is 0.229. The molecule has 3 N–H and O–H groups in total. The predicted octanol–water partition coefficient (Wildman–Crippen LogP) is 4.18. The molecule has 11 nitrogen and oxygen atoms in total. The summed E-state index contributed by atoms with van der Waals surface area (Å²) in [5.41, 5.74) is 1.25. The van der Waals surface area contributed by atoms with Gasteiger partial charge < -0.3 is 10.6 Å². The zero-order chi connectivity index (χ0) is 28.9. The molecule has 15 heteroatoms. The Bertz CT molecular complexity index is 1740. The Labute approximate surface area is 236 Å². The van der Waals surface area contributed by atoms with E-state index in [2.05, 4.69) is 30.3 Å². The van der Waals surface area contributed by atoms with Crippen molar-refractivity contribution in [2.24, 2.45) is 0 Å². The highest BCUT2D eigenvalue weighted by molar-refractivity contribution is 7.92. The van der Waals surface area contributed by atoms with Gasteiger partial charge >= 0.3 is 0 Å². The molecule has 3 aromatic carbocycles. The summed E-state index contributed by atoms with van der Waals surface area (Å²) in [6.07, 6.45) is 2.44. The molecule has 0 amide bonds. The summed E-state index contributed by atoms with van der Waals surface area (Å²) in [7, 11) is -5.94. The van der Waals surface area contributed by atoms with Crippen molar-refractivity contribution in [2.45, 2.75) is 4.90 Å². The zero-order valence-electron chi connectivity index (χ0n) is 21.3. The maximum atomic E-state index is 14.9. The topological polar surface area (TPSA) is 146 Å². The summed E-state index contributed by atoms with van der Waals surface area (Å²) in [4.78, 5) is 12.6. The molecule has 0 fully saturated rings. The first-order valence-electron chi connectivity index (χ1n) is 11.7. The van der Waals surface area contributed by atoms with Gasteiger partial charge in [0.2, 0.25) is 16.0 Å². The first-order valence-corrected chi connectivity index (χ1v) is 15.4. The van der Waals surface area contributed by atoms with Crippen molar-refractivity contribution in [1.82, 2.24) is 19.3 Å². The van der Waals surface area contributed by atoms with Gasteiger partial charge in [-0.3, -0.25) is 4.72 Å². The van der Waals surface area contributed by atoms with Crippen molar-refractivity contribution >= 4 is 54.7 Å². The number of hydrogen-bond acceptors (Lipinski definition) is 9. The van der Waals surface area contributed by atoms with Crippen LogP contribution in [-0.2, 0) is 20.0 Å². The minimum Gasteiger partial charge on any atom is -0.355 e. The molecule has 0 saturated carbocycles. The van der Waals surface area contributed by atoms with Gasteiger partial charge in [0, 0.05) is 37.1 Å². The highest BCUT2D eigenvalue weighted by Crippen LogP contribution is 2.30. The van der Waals surface area contributed by atoms with Crippen LogP contribution in [-0.4, -0.2) is 62.5 Å². The smallest absolute Gasteiger partial charge is 0.263 e. The average Bonchev–Trinajstić information content (AvgIpc) is 2.90. The van der Waals surface area contributed by atoms with E-state index >= 15 is 0 Å². The van der Waals surface area contributed by atoms with Gasteiger partial charge in [0.05, 0.1) is 17.0 Å². The lowest BCUT2D eigenvalue weighted by Gasteiger charge is -2.15. The van der Waals surface area contributed by atoms with E-state index < -0.39 is 25.9 Å².